The molecule has 2 unspecified atom stereocenters. The highest BCUT2D eigenvalue weighted by atomic mass is 14.8. The molecule has 1 spiro atoms. The van der Waals surface area contributed by atoms with Crippen molar-refractivity contribution in [2.45, 2.75) is 38.5 Å². The number of hydrogen-bond acceptors (Lipinski definition) is 0. The monoisotopic (exact) mass is 148 g/mol. The normalized spacial score (nSPS) is 69.8. The van der Waals surface area contributed by atoms with Gasteiger partial charge in [-0.05, 0) is 67.6 Å². The van der Waals surface area contributed by atoms with Gasteiger partial charge < -0.3 is 0 Å². The van der Waals surface area contributed by atoms with Crippen molar-refractivity contribution in [3.63, 3.8) is 0 Å². The molecule has 0 radical (unpaired) electrons. The molecule has 4 aliphatic rings. The molecule has 0 aromatic rings. The number of rotatable bonds is 0. The third kappa shape index (κ3) is 0.363. The minimum atomic E-state index is 1.00. The van der Waals surface area contributed by atoms with E-state index in [-0.39, 0.29) is 0 Å². The lowest BCUT2D eigenvalue weighted by Crippen LogP contribution is -2.60. The molecule has 4 rings (SSSR count). The largest absolute Gasteiger partial charge is 0.0496 e. The maximum absolute atomic E-state index is 1.63. The van der Waals surface area contributed by atoms with Gasteiger partial charge in [0, 0.05) is 0 Å². The average molecular weight is 148 g/mol. The summed E-state index contributed by atoms with van der Waals surface area (Å²) in [6.45, 7) is 0. The molecule has 0 heterocycles. The molecule has 0 bridgehead atoms. The Bertz CT molecular complexity index is 196. The van der Waals surface area contributed by atoms with Crippen molar-refractivity contribution >= 4 is 0 Å². The van der Waals surface area contributed by atoms with Crippen LogP contribution in [0, 0.1) is 29.1 Å². The van der Waals surface area contributed by atoms with Crippen molar-refractivity contribution < 1.29 is 0 Å². The fourth-order valence-electron chi connectivity index (χ4n) is 5.46. The standard InChI is InChI=1S/C11H16/c1-3-8-5-10-6-9-4-2-7(1)11(8,9)10/h7-10H,1-6H2. The van der Waals surface area contributed by atoms with E-state index in [1.54, 1.807) is 38.5 Å². The Morgan fingerprint density at radius 2 is 1.18 bits per heavy atom. The summed E-state index contributed by atoms with van der Waals surface area (Å²) in [6.07, 6.45) is 9.70. The Balaban J connectivity index is 1.86. The predicted molar refractivity (Wildman–Crippen MR) is 44.1 cm³/mol. The van der Waals surface area contributed by atoms with Crippen LogP contribution in [0.15, 0.2) is 0 Å². The van der Waals surface area contributed by atoms with Gasteiger partial charge in [0.1, 0.15) is 0 Å². The van der Waals surface area contributed by atoms with Crippen LogP contribution >= 0.6 is 0 Å². The lowest BCUT2D eigenvalue weighted by Gasteiger charge is -2.66. The summed E-state index contributed by atoms with van der Waals surface area (Å²) >= 11 is 0. The van der Waals surface area contributed by atoms with Crippen molar-refractivity contribution in [2.24, 2.45) is 29.1 Å². The molecule has 0 amide bonds. The van der Waals surface area contributed by atoms with E-state index in [0.717, 1.165) is 5.41 Å². The van der Waals surface area contributed by atoms with Gasteiger partial charge >= 0.3 is 0 Å². The van der Waals surface area contributed by atoms with Crippen molar-refractivity contribution in [1.82, 2.24) is 0 Å². The van der Waals surface area contributed by atoms with Gasteiger partial charge in [0.05, 0.1) is 0 Å². The van der Waals surface area contributed by atoms with E-state index in [9.17, 15) is 0 Å². The van der Waals surface area contributed by atoms with Crippen LogP contribution in [0.4, 0.5) is 0 Å². The Labute approximate surface area is 68.4 Å². The Morgan fingerprint density at radius 1 is 0.636 bits per heavy atom. The van der Waals surface area contributed by atoms with Crippen LogP contribution in [0.5, 0.6) is 0 Å². The van der Waals surface area contributed by atoms with Crippen molar-refractivity contribution in [2.75, 3.05) is 0 Å². The maximum atomic E-state index is 1.63. The van der Waals surface area contributed by atoms with E-state index >= 15 is 0 Å². The first-order valence-corrected chi connectivity index (χ1v) is 5.42. The molecule has 0 aromatic heterocycles. The van der Waals surface area contributed by atoms with Gasteiger partial charge in [-0.2, -0.15) is 0 Å². The highest BCUT2D eigenvalue weighted by Crippen LogP contribution is 2.80. The van der Waals surface area contributed by atoms with Crippen LogP contribution in [-0.4, -0.2) is 0 Å². The fraction of sp³-hybridized carbons (Fsp3) is 1.00. The number of hydrogen-bond donors (Lipinski definition) is 0. The van der Waals surface area contributed by atoms with Crippen molar-refractivity contribution in [3.05, 3.63) is 0 Å². The highest BCUT2D eigenvalue weighted by Gasteiger charge is 2.73. The zero-order valence-corrected chi connectivity index (χ0v) is 7.05. The summed E-state index contributed by atoms with van der Waals surface area (Å²) in [5, 5.41) is 0. The minimum Gasteiger partial charge on any atom is -0.0496 e. The van der Waals surface area contributed by atoms with E-state index in [1.807, 2.05) is 0 Å². The van der Waals surface area contributed by atoms with Crippen LogP contribution in [0.1, 0.15) is 38.5 Å². The second-order valence-electron chi connectivity index (χ2n) is 5.41. The van der Waals surface area contributed by atoms with Crippen molar-refractivity contribution in [1.29, 1.82) is 0 Å². The topological polar surface area (TPSA) is 0 Å². The highest BCUT2D eigenvalue weighted by molar-refractivity contribution is 5.21. The molecule has 4 fully saturated rings. The second kappa shape index (κ2) is 1.41. The first-order valence-electron chi connectivity index (χ1n) is 5.42. The van der Waals surface area contributed by atoms with Crippen LogP contribution in [0.3, 0.4) is 0 Å². The Morgan fingerprint density at radius 3 is 1.64 bits per heavy atom. The maximum Gasteiger partial charge on any atom is -0.0184 e. The Hall–Kier alpha value is 0. The molecule has 0 heteroatoms. The van der Waals surface area contributed by atoms with Gasteiger partial charge in [-0.1, -0.05) is 0 Å². The fourth-order valence-corrected chi connectivity index (χ4v) is 5.46. The van der Waals surface area contributed by atoms with Crippen LogP contribution in [0.25, 0.3) is 0 Å². The summed E-state index contributed by atoms with van der Waals surface area (Å²) in [7, 11) is 0. The first-order chi connectivity index (χ1) is 5.42. The van der Waals surface area contributed by atoms with Gasteiger partial charge in [-0.25, -0.2) is 0 Å². The summed E-state index contributed by atoms with van der Waals surface area (Å²) in [4.78, 5) is 0. The summed E-state index contributed by atoms with van der Waals surface area (Å²) in [5.74, 6) is 4.88. The molecule has 60 valence electrons. The molecule has 11 heavy (non-hydrogen) atoms. The first kappa shape index (κ1) is 5.61. The third-order valence-electron chi connectivity index (χ3n) is 5.69. The third-order valence-corrected chi connectivity index (χ3v) is 5.69. The molecule has 4 saturated carbocycles. The van der Waals surface area contributed by atoms with E-state index in [2.05, 4.69) is 0 Å². The van der Waals surface area contributed by atoms with Crippen LogP contribution in [0.2, 0.25) is 0 Å². The minimum absolute atomic E-state index is 1.00. The zero-order valence-electron chi connectivity index (χ0n) is 7.05. The molecule has 0 nitrogen and oxygen atoms in total. The molecule has 0 N–H and O–H groups in total. The average Bonchev–Trinajstić information content (AvgIpc) is 2.50. The molecule has 2 atom stereocenters. The van der Waals surface area contributed by atoms with Crippen molar-refractivity contribution in [3.8, 4) is 0 Å². The molecular weight excluding hydrogens is 132 g/mol. The van der Waals surface area contributed by atoms with Crippen LogP contribution in [-0.2, 0) is 0 Å². The lowest BCUT2D eigenvalue weighted by atomic mass is 9.38. The summed E-state index contributed by atoms with van der Waals surface area (Å²) in [6, 6.07) is 0. The van der Waals surface area contributed by atoms with E-state index in [0.29, 0.717) is 0 Å². The molecule has 0 aromatic carbocycles. The zero-order chi connectivity index (χ0) is 7.05. The molecular formula is C11H16. The Kier molecular flexibility index (Phi) is 0.717. The molecule has 0 saturated heterocycles. The van der Waals surface area contributed by atoms with Gasteiger partial charge in [0.25, 0.3) is 0 Å². The quantitative estimate of drug-likeness (QED) is 0.495. The predicted octanol–water partition coefficient (Wildman–Crippen LogP) is 2.83. The lowest BCUT2D eigenvalue weighted by molar-refractivity contribution is -0.178. The second-order valence-corrected chi connectivity index (χ2v) is 5.41. The summed E-state index contributed by atoms with van der Waals surface area (Å²) in [5.41, 5.74) is 1.00. The van der Waals surface area contributed by atoms with Gasteiger partial charge in [0.2, 0.25) is 0 Å². The molecule has 0 aliphatic heterocycles. The van der Waals surface area contributed by atoms with E-state index in [4.69, 9.17) is 0 Å². The van der Waals surface area contributed by atoms with E-state index in [1.165, 1.54) is 23.7 Å². The SMILES string of the molecule is C1CC2CC3CC4CCC1C243. The van der Waals surface area contributed by atoms with E-state index < -0.39 is 0 Å². The van der Waals surface area contributed by atoms with Gasteiger partial charge in [-0.3, -0.25) is 0 Å². The van der Waals surface area contributed by atoms with Crippen LogP contribution < -0.4 is 0 Å². The molecule has 4 aliphatic carbocycles. The smallest absolute Gasteiger partial charge is 0.0184 e. The summed E-state index contributed by atoms with van der Waals surface area (Å²) < 4.78 is 0. The van der Waals surface area contributed by atoms with Gasteiger partial charge in [-0.15, -0.1) is 0 Å². The van der Waals surface area contributed by atoms with Gasteiger partial charge in [0.15, 0.2) is 0 Å².